The van der Waals surface area contributed by atoms with Gasteiger partial charge in [-0.3, -0.25) is 0 Å². The maximum Gasteiger partial charge on any atom is 0.0666 e. The fourth-order valence-corrected chi connectivity index (χ4v) is 1.35. The molecule has 0 saturated carbocycles. The van der Waals surface area contributed by atoms with Crippen molar-refractivity contribution in [2.45, 2.75) is 6.55 Å². The van der Waals surface area contributed by atoms with E-state index in [-0.39, 0.29) is 8.80 Å². The van der Waals surface area contributed by atoms with E-state index in [4.69, 9.17) is 0 Å². The lowest BCUT2D eigenvalue weighted by Crippen LogP contribution is -2.11. The molecule has 0 spiro atoms. The number of hydrogen-bond acceptors (Lipinski definition) is 2. The molecular weight excluding hydrogens is 128 g/mol. The van der Waals surface area contributed by atoms with E-state index in [1.54, 1.807) is 0 Å². The van der Waals surface area contributed by atoms with Crippen LogP contribution in [0.25, 0.3) is 0 Å². The van der Waals surface area contributed by atoms with Crippen molar-refractivity contribution in [1.82, 2.24) is 0 Å². The summed E-state index contributed by atoms with van der Waals surface area (Å²) in [6.07, 6.45) is 0. The summed E-state index contributed by atoms with van der Waals surface area (Å²) in [4.78, 5) is 0. The Morgan fingerprint density at radius 2 is 1.67 bits per heavy atom. The van der Waals surface area contributed by atoms with Crippen LogP contribution < -0.4 is 0 Å². The van der Waals surface area contributed by atoms with Gasteiger partial charge in [-0.1, -0.05) is 6.55 Å². The number of thiol groups is 2. The van der Waals surface area contributed by atoms with Crippen molar-refractivity contribution in [3.05, 3.63) is 0 Å². The molecule has 1 radical (unpaired) electrons. The second-order valence-corrected chi connectivity index (χ2v) is 5.72. The predicted molar refractivity (Wildman–Crippen MR) is 39.3 cm³/mol. The van der Waals surface area contributed by atoms with E-state index in [0.29, 0.717) is 0 Å². The first-order valence-electron chi connectivity index (χ1n) is 1.84. The maximum atomic E-state index is 4.09. The molecule has 0 aliphatic carbocycles. The van der Waals surface area contributed by atoms with Crippen molar-refractivity contribution < 1.29 is 0 Å². The molecule has 0 saturated heterocycles. The van der Waals surface area contributed by atoms with Crippen molar-refractivity contribution in [1.29, 1.82) is 0 Å². The lowest BCUT2D eigenvalue weighted by Gasteiger charge is -1.94. The quantitative estimate of drug-likeness (QED) is 0.412. The van der Waals surface area contributed by atoms with Gasteiger partial charge in [-0.2, -0.15) is 25.3 Å². The molecule has 0 amide bonds. The van der Waals surface area contributed by atoms with E-state index in [0.717, 1.165) is 10.8 Å². The molecule has 0 nitrogen and oxygen atoms in total. The summed E-state index contributed by atoms with van der Waals surface area (Å²) < 4.78 is 0. The SMILES string of the molecule is C[Si](CS)CS. The molecule has 3 heteroatoms. The van der Waals surface area contributed by atoms with Crippen molar-refractivity contribution in [3.8, 4) is 0 Å². The normalized spacial score (nSPS) is 10.0. The van der Waals surface area contributed by atoms with Crippen molar-refractivity contribution in [3.63, 3.8) is 0 Å². The Hall–Kier alpha value is 0.917. The molecule has 0 aromatic heterocycles. The van der Waals surface area contributed by atoms with E-state index >= 15 is 0 Å². The molecule has 0 fully saturated rings. The topological polar surface area (TPSA) is 0 Å². The number of rotatable bonds is 2. The molecule has 0 unspecified atom stereocenters. The summed E-state index contributed by atoms with van der Waals surface area (Å²) in [5, 5.41) is 2.10. The Labute approximate surface area is 51.8 Å². The van der Waals surface area contributed by atoms with Gasteiger partial charge >= 0.3 is 0 Å². The van der Waals surface area contributed by atoms with E-state index in [2.05, 4.69) is 31.8 Å². The summed E-state index contributed by atoms with van der Waals surface area (Å²) in [6.45, 7) is 2.23. The molecule has 0 aliphatic rings. The third-order valence-electron chi connectivity index (χ3n) is 0.540. The van der Waals surface area contributed by atoms with Crippen LogP contribution in [0.3, 0.4) is 0 Å². The van der Waals surface area contributed by atoms with Crippen LogP contribution in [0.1, 0.15) is 0 Å². The summed E-state index contributed by atoms with van der Waals surface area (Å²) in [5.74, 6) is 0. The van der Waals surface area contributed by atoms with Crippen LogP contribution >= 0.6 is 25.3 Å². The molecule has 6 heavy (non-hydrogen) atoms. The first kappa shape index (κ1) is 6.92. The fourth-order valence-electron chi connectivity index (χ4n) is 0.0500. The Morgan fingerprint density at radius 1 is 1.33 bits per heavy atom. The summed E-state index contributed by atoms with van der Waals surface area (Å²) in [7, 11) is -0.140. The van der Waals surface area contributed by atoms with Crippen molar-refractivity contribution in [2.75, 3.05) is 10.8 Å². The highest BCUT2D eigenvalue weighted by Gasteiger charge is 1.93. The minimum absolute atomic E-state index is 0.140. The average Bonchev–Trinajstić information content (AvgIpc) is 1.65. The molecule has 37 valence electrons. The fraction of sp³-hybridized carbons (Fsp3) is 1.00. The van der Waals surface area contributed by atoms with Crippen LogP contribution in [0.4, 0.5) is 0 Å². The molecule has 0 aromatic rings. The van der Waals surface area contributed by atoms with E-state index in [9.17, 15) is 0 Å². The second kappa shape index (κ2) is 4.09. The summed E-state index contributed by atoms with van der Waals surface area (Å²) in [6, 6.07) is 0. The zero-order valence-electron chi connectivity index (χ0n) is 3.81. The van der Waals surface area contributed by atoms with Gasteiger partial charge in [0.25, 0.3) is 0 Å². The van der Waals surface area contributed by atoms with Crippen LogP contribution in [0.2, 0.25) is 6.55 Å². The minimum atomic E-state index is -0.140. The van der Waals surface area contributed by atoms with Crippen LogP contribution in [0.15, 0.2) is 0 Å². The van der Waals surface area contributed by atoms with E-state index in [1.165, 1.54) is 0 Å². The molecule has 0 N–H and O–H groups in total. The van der Waals surface area contributed by atoms with Gasteiger partial charge in [-0.25, -0.2) is 0 Å². The molecule has 0 heterocycles. The standard InChI is InChI=1S/C3H9S2Si/c1-6(2-4)3-5/h4-5H,2-3H2,1H3. The first-order chi connectivity index (χ1) is 2.81. The monoisotopic (exact) mass is 137 g/mol. The second-order valence-electron chi connectivity index (χ2n) is 1.27. The van der Waals surface area contributed by atoms with Gasteiger partial charge in [0.2, 0.25) is 0 Å². The predicted octanol–water partition coefficient (Wildman–Crippen LogP) is 1.05. The molecule has 0 aromatic carbocycles. The van der Waals surface area contributed by atoms with Crippen LogP contribution in [0.5, 0.6) is 0 Å². The highest BCUT2D eigenvalue weighted by molar-refractivity contribution is 7.84. The van der Waals surface area contributed by atoms with Gasteiger partial charge in [0.15, 0.2) is 0 Å². The minimum Gasteiger partial charge on any atom is -0.183 e. The summed E-state index contributed by atoms with van der Waals surface area (Å²) in [5.41, 5.74) is 0. The smallest absolute Gasteiger partial charge is 0.0666 e. The van der Waals surface area contributed by atoms with E-state index in [1.807, 2.05) is 0 Å². The van der Waals surface area contributed by atoms with Crippen LogP contribution in [-0.4, -0.2) is 19.5 Å². The largest absolute Gasteiger partial charge is 0.183 e. The molecular formula is C3H9S2Si. The molecule has 0 bridgehead atoms. The van der Waals surface area contributed by atoms with Crippen molar-refractivity contribution >= 4 is 34.1 Å². The third kappa shape index (κ3) is 3.12. The van der Waals surface area contributed by atoms with Gasteiger partial charge in [0, 0.05) is 0 Å². The Bertz CT molecular complexity index is 28.0. The average molecular weight is 137 g/mol. The van der Waals surface area contributed by atoms with Gasteiger partial charge in [-0.15, -0.1) is 0 Å². The lowest BCUT2D eigenvalue weighted by molar-refractivity contribution is 1.85. The maximum absolute atomic E-state index is 4.09. The lowest BCUT2D eigenvalue weighted by atomic mass is 11.8. The Kier molecular flexibility index (Phi) is 4.71. The molecule has 0 aliphatic heterocycles. The Morgan fingerprint density at radius 3 is 1.67 bits per heavy atom. The number of hydrogen-bond donors (Lipinski definition) is 2. The third-order valence-corrected chi connectivity index (χ3v) is 4.86. The van der Waals surface area contributed by atoms with Gasteiger partial charge in [0.1, 0.15) is 0 Å². The zero-order chi connectivity index (χ0) is 4.99. The molecule has 0 rings (SSSR count). The van der Waals surface area contributed by atoms with Crippen LogP contribution in [-0.2, 0) is 0 Å². The summed E-state index contributed by atoms with van der Waals surface area (Å²) >= 11 is 8.18. The van der Waals surface area contributed by atoms with Gasteiger partial charge in [0.05, 0.1) is 8.80 Å². The Balaban J connectivity index is 2.75. The first-order valence-corrected chi connectivity index (χ1v) is 5.52. The van der Waals surface area contributed by atoms with Crippen LogP contribution in [0, 0.1) is 0 Å². The van der Waals surface area contributed by atoms with E-state index < -0.39 is 0 Å². The molecule has 0 atom stereocenters. The van der Waals surface area contributed by atoms with Crippen molar-refractivity contribution in [2.24, 2.45) is 0 Å². The van der Waals surface area contributed by atoms with Gasteiger partial charge < -0.3 is 0 Å². The highest BCUT2D eigenvalue weighted by Crippen LogP contribution is 1.86. The zero-order valence-corrected chi connectivity index (χ0v) is 6.60. The highest BCUT2D eigenvalue weighted by atomic mass is 32.1. The van der Waals surface area contributed by atoms with Gasteiger partial charge in [-0.05, 0) is 10.8 Å².